The molecule has 1 fully saturated rings. The molecule has 3 aromatic rings. The van der Waals surface area contributed by atoms with Crippen molar-refractivity contribution in [1.82, 2.24) is 14.2 Å². The van der Waals surface area contributed by atoms with E-state index in [4.69, 9.17) is 20.8 Å². The highest BCUT2D eigenvalue weighted by atomic mass is 35.5. The van der Waals surface area contributed by atoms with Crippen LogP contribution in [0.15, 0.2) is 51.8 Å². The third-order valence-corrected chi connectivity index (χ3v) is 6.93. The zero-order valence-electron chi connectivity index (χ0n) is 15.3. The molecule has 0 aliphatic carbocycles. The van der Waals surface area contributed by atoms with Gasteiger partial charge in [0.05, 0.1) is 13.7 Å². The van der Waals surface area contributed by atoms with Crippen LogP contribution in [0.25, 0.3) is 11.1 Å². The maximum atomic E-state index is 13.0. The van der Waals surface area contributed by atoms with Crippen LogP contribution in [0, 0.1) is 0 Å². The quantitative estimate of drug-likeness (QED) is 0.630. The molecule has 2 aromatic carbocycles. The number of benzene rings is 2. The molecule has 9 heteroatoms. The van der Waals surface area contributed by atoms with E-state index < -0.39 is 10.0 Å². The maximum absolute atomic E-state index is 13.0. The molecule has 0 unspecified atom stereocenters. The highest BCUT2D eigenvalue weighted by Crippen LogP contribution is 2.30. The number of hydrogen-bond donors (Lipinski definition) is 0. The molecule has 0 bridgehead atoms. The zero-order chi connectivity index (χ0) is 19.7. The lowest BCUT2D eigenvalue weighted by Crippen LogP contribution is -2.48. The van der Waals surface area contributed by atoms with Crippen LogP contribution in [-0.2, 0) is 16.6 Å². The fraction of sp³-hybridized carbons (Fsp3) is 0.316. The van der Waals surface area contributed by atoms with E-state index in [-0.39, 0.29) is 4.90 Å². The molecular formula is C19H20ClN3O4S. The summed E-state index contributed by atoms with van der Waals surface area (Å²) in [7, 11) is -2.24. The summed E-state index contributed by atoms with van der Waals surface area (Å²) in [6, 6.07) is 12.2. The van der Waals surface area contributed by atoms with E-state index in [1.807, 2.05) is 24.3 Å². The van der Waals surface area contributed by atoms with Gasteiger partial charge in [-0.3, -0.25) is 4.90 Å². The number of fused-ring (bicyclic) bond motifs is 1. The van der Waals surface area contributed by atoms with Gasteiger partial charge in [-0.05, 0) is 30.3 Å². The lowest BCUT2D eigenvalue weighted by molar-refractivity contribution is 0.169. The van der Waals surface area contributed by atoms with E-state index in [0.29, 0.717) is 49.4 Å². The molecule has 148 valence electrons. The average Bonchev–Trinajstić information content (AvgIpc) is 3.10. The fourth-order valence-electron chi connectivity index (χ4n) is 3.30. The molecular weight excluding hydrogens is 402 g/mol. The zero-order valence-corrected chi connectivity index (χ0v) is 16.9. The number of piperazine rings is 1. The van der Waals surface area contributed by atoms with Gasteiger partial charge in [-0.2, -0.15) is 4.31 Å². The number of para-hydroxylation sites is 2. The summed E-state index contributed by atoms with van der Waals surface area (Å²) in [6.07, 6.45) is 0. The van der Waals surface area contributed by atoms with Crippen molar-refractivity contribution >= 4 is 32.7 Å². The monoisotopic (exact) mass is 421 g/mol. The van der Waals surface area contributed by atoms with Crippen LogP contribution in [0.2, 0.25) is 5.02 Å². The minimum Gasteiger partial charge on any atom is -0.495 e. The number of aromatic nitrogens is 1. The summed E-state index contributed by atoms with van der Waals surface area (Å²) < 4.78 is 38.5. The molecule has 0 spiro atoms. The van der Waals surface area contributed by atoms with E-state index in [0.717, 1.165) is 11.1 Å². The van der Waals surface area contributed by atoms with Crippen LogP contribution in [0.3, 0.4) is 0 Å². The van der Waals surface area contributed by atoms with Crippen LogP contribution < -0.4 is 4.74 Å². The summed E-state index contributed by atoms with van der Waals surface area (Å²) in [5.74, 6) is 0.923. The van der Waals surface area contributed by atoms with E-state index in [1.165, 1.54) is 17.5 Å². The summed E-state index contributed by atoms with van der Waals surface area (Å²) in [4.78, 5) is 6.71. The van der Waals surface area contributed by atoms with Crippen molar-refractivity contribution in [2.24, 2.45) is 0 Å². The van der Waals surface area contributed by atoms with Crippen LogP contribution in [0.4, 0.5) is 0 Å². The Hall–Kier alpha value is -2.13. The van der Waals surface area contributed by atoms with Gasteiger partial charge in [0.1, 0.15) is 16.2 Å². The number of oxazole rings is 1. The Bertz CT molecular complexity index is 1060. The number of nitrogens with zero attached hydrogens (tertiary/aromatic N) is 3. The van der Waals surface area contributed by atoms with Gasteiger partial charge in [-0.1, -0.05) is 23.7 Å². The number of methoxy groups -OCH3 is 1. The van der Waals surface area contributed by atoms with Crippen LogP contribution in [0.1, 0.15) is 5.89 Å². The molecule has 0 saturated carbocycles. The molecule has 2 heterocycles. The Morgan fingerprint density at radius 1 is 1.14 bits per heavy atom. The van der Waals surface area contributed by atoms with Crippen molar-refractivity contribution in [3.63, 3.8) is 0 Å². The van der Waals surface area contributed by atoms with E-state index in [2.05, 4.69) is 9.88 Å². The third kappa shape index (κ3) is 3.73. The maximum Gasteiger partial charge on any atom is 0.246 e. The predicted molar refractivity (Wildman–Crippen MR) is 106 cm³/mol. The molecule has 4 rings (SSSR count). The van der Waals surface area contributed by atoms with Gasteiger partial charge < -0.3 is 9.15 Å². The number of halogens is 1. The van der Waals surface area contributed by atoms with Gasteiger partial charge in [-0.15, -0.1) is 0 Å². The normalized spacial score (nSPS) is 16.5. The van der Waals surface area contributed by atoms with Gasteiger partial charge in [0.15, 0.2) is 5.58 Å². The topological polar surface area (TPSA) is 75.9 Å². The van der Waals surface area contributed by atoms with Crippen molar-refractivity contribution in [3.05, 3.63) is 53.4 Å². The van der Waals surface area contributed by atoms with Gasteiger partial charge >= 0.3 is 0 Å². The minimum atomic E-state index is -3.69. The highest BCUT2D eigenvalue weighted by Gasteiger charge is 2.31. The fourth-order valence-corrected chi connectivity index (χ4v) is 5.14. The number of rotatable bonds is 5. The Kier molecular flexibility index (Phi) is 5.29. The lowest BCUT2D eigenvalue weighted by Gasteiger charge is -2.33. The summed E-state index contributed by atoms with van der Waals surface area (Å²) in [6.45, 7) is 2.46. The van der Waals surface area contributed by atoms with Crippen molar-refractivity contribution in [2.45, 2.75) is 11.4 Å². The number of ether oxygens (including phenoxy) is 1. The standard InChI is InChI=1S/C19H20ClN3O4S/c1-26-17-7-6-14(20)12-18(17)28(24,25)23-10-8-22(9-11-23)13-19-21-15-4-2-3-5-16(15)27-19/h2-7,12H,8-11,13H2,1H3. The number of sulfonamides is 1. The second-order valence-electron chi connectivity index (χ2n) is 6.55. The third-order valence-electron chi connectivity index (χ3n) is 4.77. The van der Waals surface area contributed by atoms with Crippen molar-refractivity contribution in [1.29, 1.82) is 0 Å². The van der Waals surface area contributed by atoms with E-state index in [9.17, 15) is 8.42 Å². The average molecular weight is 422 g/mol. The minimum absolute atomic E-state index is 0.0925. The molecule has 1 aliphatic rings. The summed E-state index contributed by atoms with van der Waals surface area (Å²) >= 11 is 6.00. The summed E-state index contributed by atoms with van der Waals surface area (Å²) in [5, 5.41) is 0.356. The van der Waals surface area contributed by atoms with Gasteiger partial charge in [-0.25, -0.2) is 13.4 Å². The number of hydrogen-bond acceptors (Lipinski definition) is 6. The Morgan fingerprint density at radius 3 is 2.61 bits per heavy atom. The first kappa shape index (κ1) is 19.2. The Balaban J connectivity index is 1.45. The van der Waals surface area contributed by atoms with E-state index in [1.54, 1.807) is 12.1 Å². The smallest absolute Gasteiger partial charge is 0.246 e. The SMILES string of the molecule is COc1ccc(Cl)cc1S(=O)(=O)N1CCN(Cc2nc3ccccc3o2)CC1. The second-order valence-corrected chi connectivity index (χ2v) is 8.89. The second kappa shape index (κ2) is 7.71. The molecule has 7 nitrogen and oxygen atoms in total. The van der Waals surface area contributed by atoms with Crippen molar-refractivity contribution in [2.75, 3.05) is 33.3 Å². The molecule has 0 N–H and O–H groups in total. The van der Waals surface area contributed by atoms with Crippen molar-refractivity contribution < 1.29 is 17.6 Å². The first-order valence-electron chi connectivity index (χ1n) is 8.88. The van der Waals surface area contributed by atoms with Crippen LogP contribution in [-0.4, -0.2) is 55.9 Å². The van der Waals surface area contributed by atoms with Gasteiger partial charge in [0.25, 0.3) is 0 Å². The predicted octanol–water partition coefficient (Wildman–Crippen LogP) is 3.00. The first-order chi connectivity index (χ1) is 13.5. The molecule has 1 aromatic heterocycles. The lowest BCUT2D eigenvalue weighted by atomic mass is 10.3. The van der Waals surface area contributed by atoms with Gasteiger partial charge in [0, 0.05) is 31.2 Å². The molecule has 1 aliphatic heterocycles. The molecule has 28 heavy (non-hydrogen) atoms. The Morgan fingerprint density at radius 2 is 1.89 bits per heavy atom. The largest absolute Gasteiger partial charge is 0.495 e. The van der Waals surface area contributed by atoms with Crippen LogP contribution >= 0.6 is 11.6 Å². The van der Waals surface area contributed by atoms with Crippen LogP contribution in [0.5, 0.6) is 5.75 Å². The Labute approximate surface area is 168 Å². The van der Waals surface area contributed by atoms with Gasteiger partial charge in [0.2, 0.25) is 15.9 Å². The molecule has 0 amide bonds. The summed E-state index contributed by atoms with van der Waals surface area (Å²) in [5.41, 5.74) is 1.58. The molecule has 0 atom stereocenters. The molecule has 0 radical (unpaired) electrons. The van der Waals surface area contributed by atoms with Crippen molar-refractivity contribution in [3.8, 4) is 5.75 Å². The van der Waals surface area contributed by atoms with E-state index >= 15 is 0 Å². The first-order valence-corrected chi connectivity index (χ1v) is 10.7. The molecule has 1 saturated heterocycles. The highest BCUT2D eigenvalue weighted by molar-refractivity contribution is 7.89.